The number of para-hydroxylation sites is 1. The molecule has 0 fully saturated rings. The average molecular weight is 489 g/mol. The molecule has 0 saturated heterocycles. The summed E-state index contributed by atoms with van der Waals surface area (Å²) in [5, 5.41) is 9.46. The van der Waals surface area contributed by atoms with E-state index in [2.05, 4.69) is 9.71 Å². The number of hydrogen-bond donors (Lipinski definition) is 1. The van der Waals surface area contributed by atoms with Crippen LogP contribution in [0.15, 0.2) is 88.6 Å². The van der Waals surface area contributed by atoms with Crippen molar-refractivity contribution >= 4 is 26.9 Å². The number of aromatic nitrogens is 2. The molecule has 0 atom stereocenters. The van der Waals surface area contributed by atoms with Crippen molar-refractivity contribution in [1.29, 1.82) is 5.26 Å². The van der Waals surface area contributed by atoms with Crippen LogP contribution in [0.4, 0.5) is 0 Å². The van der Waals surface area contributed by atoms with Gasteiger partial charge in [0.25, 0.3) is 5.56 Å². The van der Waals surface area contributed by atoms with Crippen molar-refractivity contribution in [2.24, 2.45) is 0 Å². The number of sulfonamides is 1. The fourth-order valence-corrected chi connectivity index (χ4v) is 4.48. The van der Waals surface area contributed by atoms with E-state index in [0.717, 1.165) is 10.1 Å². The van der Waals surface area contributed by atoms with E-state index in [9.17, 15) is 18.0 Å². The van der Waals surface area contributed by atoms with Gasteiger partial charge in [0.1, 0.15) is 13.2 Å². The molecule has 0 radical (unpaired) electrons. The fourth-order valence-electron chi connectivity index (χ4n) is 3.42. The van der Waals surface area contributed by atoms with Gasteiger partial charge in [0.05, 0.1) is 27.4 Å². The van der Waals surface area contributed by atoms with Crippen LogP contribution in [0.25, 0.3) is 10.9 Å². The highest BCUT2D eigenvalue weighted by Gasteiger charge is 2.18. The van der Waals surface area contributed by atoms with E-state index in [1.54, 1.807) is 48.5 Å². The first-order valence-corrected chi connectivity index (χ1v) is 12.0. The number of ether oxygens (including phenoxy) is 1. The van der Waals surface area contributed by atoms with Gasteiger partial charge in [0.15, 0.2) is 5.82 Å². The Bertz CT molecular complexity index is 1590. The number of esters is 1. The zero-order valence-corrected chi connectivity index (χ0v) is 19.2. The molecule has 9 nitrogen and oxygen atoms in total. The number of nitrogens with zero attached hydrogens (tertiary/aromatic N) is 3. The SMILES string of the molecule is N#CCn1c(COC(=O)c2cccc(S(=O)(=O)NCc3ccccc3)c2)nc2ccccc2c1=O. The highest BCUT2D eigenvalue weighted by atomic mass is 32.2. The van der Waals surface area contributed by atoms with E-state index < -0.39 is 21.6 Å². The van der Waals surface area contributed by atoms with Crippen LogP contribution >= 0.6 is 0 Å². The summed E-state index contributed by atoms with van der Waals surface area (Å²) in [6.45, 7) is -0.532. The van der Waals surface area contributed by atoms with Gasteiger partial charge in [-0.25, -0.2) is 22.9 Å². The predicted molar refractivity (Wildman–Crippen MR) is 128 cm³/mol. The van der Waals surface area contributed by atoms with Gasteiger partial charge >= 0.3 is 5.97 Å². The van der Waals surface area contributed by atoms with Crippen molar-refractivity contribution in [3.05, 3.63) is 106 Å². The highest BCUT2D eigenvalue weighted by Crippen LogP contribution is 2.15. The van der Waals surface area contributed by atoms with Crippen molar-refractivity contribution in [2.45, 2.75) is 24.6 Å². The Morgan fingerprint density at radius 3 is 2.54 bits per heavy atom. The largest absolute Gasteiger partial charge is 0.454 e. The molecule has 10 heteroatoms. The molecule has 0 bridgehead atoms. The molecule has 176 valence electrons. The van der Waals surface area contributed by atoms with Gasteiger partial charge in [-0.1, -0.05) is 48.5 Å². The van der Waals surface area contributed by atoms with Crippen LogP contribution in [0.3, 0.4) is 0 Å². The maximum atomic E-state index is 12.7. The normalized spacial score (nSPS) is 11.2. The van der Waals surface area contributed by atoms with Gasteiger partial charge in [0, 0.05) is 6.54 Å². The molecular weight excluding hydrogens is 468 g/mol. The number of nitrogens with one attached hydrogen (secondary N) is 1. The molecule has 0 amide bonds. The van der Waals surface area contributed by atoms with Crippen molar-refractivity contribution < 1.29 is 17.9 Å². The summed E-state index contributed by atoms with van der Waals surface area (Å²) in [7, 11) is -3.88. The van der Waals surface area contributed by atoms with Crippen LogP contribution in [0.5, 0.6) is 0 Å². The maximum Gasteiger partial charge on any atom is 0.338 e. The minimum absolute atomic E-state index is 0.0163. The van der Waals surface area contributed by atoms with Crippen molar-refractivity contribution in [2.75, 3.05) is 0 Å². The Morgan fingerprint density at radius 1 is 1.03 bits per heavy atom. The lowest BCUT2D eigenvalue weighted by Gasteiger charge is -2.12. The molecule has 1 aromatic heterocycles. The lowest BCUT2D eigenvalue weighted by Crippen LogP contribution is -2.26. The van der Waals surface area contributed by atoms with Gasteiger partial charge < -0.3 is 4.74 Å². The molecule has 0 aliphatic heterocycles. The Labute approximate surface area is 201 Å². The third-order valence-corrected chi connectivity index (χ3v) is 6.59. The summed E-state index contributed by atoms with van der Waals surface area (Å²) in [5.41, 5.74) is 0.802. The molecule has 4 rings (SSSR count). The van der Waals surface area contributed by atoms with Crippen LogP contribution in [-0.2, 0) is 34.5 Å². The van der Waals surface area contributed by atoms with Crippen LogP contribution in [-0.4, -0.2) is 23.9 Å². The molecule has 3 aromatic carbocycles. The van der Waals surface area contributed by atoms with Crippen molar-refractivity contribution in [3.8, 4) is 6.07 Å². The Kier molecular flexibility index (Phi) is 7.01. The quantitative estimate of drug-likeness (QED) is 0.377. The van der Waals surface area contributed by atoms with Gasteiger partial charge in [-0.05, 0) is 35.9 Å². The molecular formula is C25H20N4O5S. The molecule has 35 heavy (non-hydrogen) atoms. The zero-order valence-electron chi connectivity index (χ0n) is 18.4. The van der Waals surface area contributed by atoms with E-state index in [4.69, 9.17) is 10.00 Å². The van der Waals surface area contributed by atoms with Crippen LogP contribution < -0.4 is 10.3 Å². The highest BCUT2D eigenvalue weighted by molar-refractivity contribution is 7.89. The summed E-state index contributed by atoms with van der Waals surface area (Å²) < 4.78 is 34.4. The molecule has 0 saturated carbocycles. The smallest absolute Gasteiger partial charge is 0.338 e. The lowest BCUT2D eigenvalue weighted by molar-refractivity contribution is 0.0457. The van der Waals surface area contributed by atoms with Gasteiger partial charge in [0.2, 0.25) is 10.0 Å². The number of nitriles is 1. The van der Waals surface area contributed by atoms with E-state index in [0.29, 0.717) is 10.9 Å². The van der Waals surface area contributed by atoms with Crippen LogP contribution in [0.1, 0.15) is 21.7 Å². The van der Waals surface area contributed by atoms with Crippen molar-refractivity contribution in [1.82, 2.24) is 14.3 Å². The second-order valence-corrected chi connectivity index (χ2v) is 9.28. The van der Waals surface area contributed by atoms with Crippen LogP contribution in [0, 0.1) is 11.3 Å². The minimum atomic E-state index is -3.88. The maximum absolute atomic E-state index is 12.7. The molecule has 0 aliphatic rings. The Balaban J connectivity index is 1.52. The summed E-state index contributed by atoms with van der Waals surface area (Å²) >= 11 is 0. The fraction of sp³-hybridized carbons (Fsp3) is 0.120. The first-order valence-electron chi connectivity index (χ1n) is 10.6. The molecule has 4 aromatic rings. The van der Waals surface area contributed by atoms with Crippen LogP contribution in [0.2, 0.25) is 0 Å². The zero-order chi connectivity index (χ0) is 24.8. The lowest BCUT2D eigenvalue weighted by atomic mass is 10.2. The number of rotatable bonds is 8. The average Bonchev–Trinajstić information content (AvgIpc) is 2.89. The number of benzene rings is 3. The van der Waals surface area contributed by atoms with Crippen molar-refractivity contribution in [3.63, 3.8) is 0 Å². The number of fused-ring (bicyclic) bond motifs is 1. The molecule has 1 heterocycles. The number of carbonyl (C=O) groups is 1. The third kappa shape index (κ3) is 5.43. The summed E-state index contributed by atoms with van der Waals surface area (Å²) in [6, 6.07) is 23.1. The number of hydrogen-bond acceptors (Lipinski definition) is 7. The summed E-state index contributed by atoms with van der Waals surface area (Å²) in [4.78, 5) is 29.7. The topological polar surface area (TPSA) is 131 Å². The summed E-state index contributed by atoms with van der Waals surface area (Å²) in [6.07, 6.45) is 0. The Morgan fingerprint density at radius 2 is 1.77 bits per heavy atom. The second kappa shape index (κ2) is 10.3. The second-order valence-electron chi connectivity index (χ2n) is 7.51. The Hall–Kier alpha value is -4.33. The molecule has 0 aliphatic carbocycles. The standard InChI is InChI=1S/C25H20N4O5S/c26-13-14-29-23(28-22-12-5-4-11-21(22)24(29)30)17-34-25(31)19-9-6-10-20(15-19)35(32,33)27-16-18-7-2-1-3-8-18/h1-12,15,27H,14,16-17H2. The molecule has 1 N–H and O–H groups in total. The third-order valence-electron chi connectivity index (χ3n) is 5.19. The first kappa shape index (κ1) is 23.8. The summed E-state index contributed by atoms with van der Waals surface area (Å²) in [5.74, 6) is -0.687. The van der Waals surface area contributed by atoms with Gasteiger partial charge in [-0.2, -0.15) is 5.26 Å². The monoisotopic (exact) mass is 488 g/mol. The van der Waals surface area contributed by atoms with E-state index in [1.165, 1.54) is 24.3 Å². The predicted octanol–water partition coefficient (Wildman–Crippen LogP) is 2.76. The van der Waals surface area contributed by atoms with Gasteiger partial charge in [-0.3, -0.25) is 9.36 Å². The molecule has 0 spiro atoms. The van der Waals surface area contributed by atoms with Gasteiger partial charge in [-0.15, -0.1) is 0 Å². The first-order chi connectivity index (χ1) is 16.9. The van der Waals surface area contributed by atoms with E-state index in [-0.39, 0.29) is 36.0 Å². The number of carbonyl (C=O) groups excluding carboxylic acids is 1. The molecule has 0 unspecified atom stereocenters. The van der Waals surface area contributed by atoms with E-state index in [1.807, 2.05) is 12.1 Å². The minimum Gasteiger partial charge on any atom is -0.454 e. The van der Waals surface area contributed by atoms with E-state index >= 15 is 0 Å².